The molecule has 51 heavy (non-hydrogen) atoms. The normalized spacial score (nSPS) is 20.2. The Morgan fingerprint density at radius 3 is 1.53 bits per heavy atom. The molecular formula is C50H30O. The van der Waals surface area contributed by atoms with Gasteiger partial charge in [0, 0.05) is 10.8 Å². The maximum Gasteiger partial charge on any atom is 0.136 e. The highest BCUT2D eigenvalue weighted by atomic mass is 16.3. The molecular weight excluding hydrogens is 617 g/mol. The van der Waals surface area contributed by atoms with Crippen molar-refractivity contribution in [3.8, 4) is 33.4 Å². The Hall–Kier alpha value is -6.70. The van der Waals surface area contributed by atoms with Crippen LogP contribution in [0.3, 0.4) is 0 Å². The van der Waals surface area contributed by atoms with E-state index in [1.165, 1.54) is 0 Å². The van der Waals surface area contributed by atoms with E-state index in [0.717, 1.165) is 0 Å². The van der Waals surface area contributed by atoms with Crippen molar-refractivity contribution >= 4 is 75.8 Å². The first-order chi connectivity index (χ1) is 37.8. The lowest BCUT2D eigenvalue weighted by Crippen LogP contribution is -1.94. The van der Waals surface area contributed by atoms with Gasteiger partial charge in [0.1, 0.15) is 11.2 Å². The molecule has 1 heteroatoms. The molecule has 10 aromatic carbocycles. The van der Waals surface area contributed by atoms with E-state index < -0.39 is 290 Å². The van der Waals surface area contributed by atoms with Gasteiger partial charge in [-0.1, -0.05) is 157 Å². The zero-order valence-electron chi connectivity index (χ0n) is 55.4. The standard InChI is InChI=1S/C50H30O/c1-2-14-34-29-35(22-21-31(34)11-1)48-39-17-7-9-19-41(39)49(42-20-10-8-18-40(42)48)43-26-23-32-12-3-5-15-37(32)47(43)36-25-27-45-44(30-36)50-38-16-6-4-13-33(38)24-28-46(50)51-45/h1-30H/i1D,2D,3D,4D,5D,6D,7D,8D,9D,10D,11D,12D,13D,14D,15D,16D,17D,18D,19D,20D,21D,22D,23D,24D,25D,26D,27D,28D,29D,30D. The van der Waals surface area contributed by atoms with E-state index in [4.69, 9.17) is 29.1 Å². The Kier molecular flexibility index (Phi) is 2.50. The minimum Gasteiger partial charge on any atom is -0.456 e. The zero-order valence-corrected chi connectivity index (χ0v) is 25.4. The van der Waals surface area contributed by atoms with Crippen molar-refractivity contribution < 1.29 is 45.5 Å². The van der Waals surface area contributed by atoms with Crippen LogP contribution in [0.1, 0.15) is 41.1 Å². The lowest BCUT2D eigenvalue weighted by atomic mass is 9.82. The van der Waals surface area contributed by atoms with Gasteiger partial charge in [-0.25, -0.2) is 0 Å². The van der Waals surface area contributed by atoms with Crippen LogP contribution in [0.4, 0.5) is 0 Å². The van der Waals surface area contributed by atoms with E-state index in [1.54, 1.807) is 0 Å². The largest absolute Gasteiger partial charge is 0.456 e. The molecule has 0 unspecified atom stereocenters. The average Bonchev–Trinajstić information content (AvgIpc) is 3.04. The molecule has 0 aliphatic heterocycles. The van der Waals surface area contributed by atoms with Crippen molar-refractivity contribution in [1.82, 2.24) is 0 Å². The van der Waals surface area contributed by atoms with Crippen LogP contribution in [0.15, 0.2) is 186 Å². The highest BCUT2D eigenvalue weighted by molar-refractivity contribution is 6.25. The monoisotopic (exact) mass is 676 g/mol. The van der Waals surface area contributed by atoms with E-state index in [0.29, 0.717) is 0 Å². The Balaban J connectivity index is 1.51. The molecule has 1 nitrogen and oxygen atoms in total. The SMILES string of the molecule is [2H]c1c(-c2c(-c3c4c([2H])c([2H])c([2H])c([2H])c4c(-c4c([2H])c([2H])c5c([2H])c([2H])c([2H])c([2H])c5c4[2H])c4c([2H])c([2H])c([2H])c([2H])c34)c([2H])c([2H])c3c([2H])c([2H])c([2H])c([2H])c23)c([2H])c2c(oc3c([2H])c([2H])c4c([2H])c([2H])c([2H])c([2H])c4c32)c1[2H]. The average molecular weight is 677 g/mol. The predicted molar refractivity (Wildman–Crippen MR) is 218 cm³/mol. The van der Waals surface area contributed by atoms with Crippen LogP contribution in [-0.2, 0) is 0 Å². The van der Waals surface area contributed by atoms with E-state index in [1.807, 2.05) is 0 Å². The second-order valence-corrected chi connectivity index (χ2v) is 11.3. The summed E-state index contributed by atoms with van der Waals surface area (Å²) < 4.78 is 281. The fourth-order valence-corrected chi connectivity index (χ4v) is 6.45. The molecule has 0 fully saturated rings. The third-order valence-electron chi connectivity index (χ3n) is 8.57. The van der Waals surface area contributed by atoms with Gasteiger partial charge in [0.05, 0.1) is 41.1 Å². The summed E-state index contributed by atoms with van der Waals surface area (Å²) in [5.41, 5.74) is -6.50. The van der Waals surface area contributed by atoms with Gasteiger partial charge in [-0.15, -0.1) is 0 Å². The van der Waals surface area contributed by atoms with Gasteiger partial charge in [-0.05, 0) is 111 Å². The lowest BCUT2D eigenvalue weighted by molar-refractivity contribution is 0.669. The van der Waals surface area contributed by atoms with Gasteiger partial charge in [0.15, 0.2) is 0 Å². The summed E-state index contributed by atoms with van der Waals surface area (Å²) in [6.45, 7) is 0. The van der Waals surface area contributed by atoms with Gasteiger partial charge >= 0.3 is 0 Å². The molecule has 1 aromatic heterocycles. The summed E-state index contributed by atoms with van der Waals surface area (Å²) >= 11 is 0. The smallest absolute Gasteiger partial charge is 0.136 e. The lowest BCUT2D eigenvalue weighted by Gasteiger charge is -2.21. The van der Waals surface area contributed by atoms with E-state index >= 15 is 0 Å². The molecule has 236 valence electrons. The summed E-state index contributed by atoms with van der Waals surface area (Å²) in [5, 5.41) is -8.33. The molecule has 0 atom stereocenters. The van der Waals surface area contributed by atoms with Gasteiger partial charge in [0.2, 0.25) is 0 Å². The van der Waals surface area contributed by atoms with Crippen molar-refractivity contribution in [1.29, 1.82) is 0 Å². The number of rotatable bonds is 3. The van der Waals surface area contributed by atoms with Crippen LogP contribution < -0.4 is 0 Å². The number of benzene rings is 10. The van der Waals surface area contributed by atoms with Crippen molar-refractivity contribution in [2.45, 2.75) is 0 Å². The highest BCUT2D eigenvalue weighted by Crippen LogP contribution is 2.48. The Bertz CT molecular complexity index is 4850. The minimum absolute atomic E-state index is 0.474. The third-order valence-corrected chi connectivity index (χ3v) is 8.57. The topological polar surface area (TPSA) is 13.1 Å². The molecule has 0 saturated heterocycles. The first kappa shape index (κ1) is 11.7. The Morgan fingerprint density at radius 2 is 0.804 bits per heavy atom. The maximum atomic E-state index is 10.1. The van der Waals surface area contributed by atoms with Crippen molar-refractivity contribution in [3.05, 3.63) is 181 Å². The number of hydrogen-bond donors (Lipinski definition) is 0. The van der Waals surface area contributed by atoms with Gasteiger partial charge in [-0.3, -0.25) is 0 Å². The van der Waals surface area contributed by atoms with Crippen LogP contribution in [0.5, 0.6) is 0 Å². The molecule has 0 N–H and O–H groups in total. The summed E-state index contributed by atoms with van der Waals surface area (Å²) in [6, 6.07) is -29.1. The molecule has 0 radical (unpaired) electrons. The molecule has 0 aliphatic rings. The fourth-order valence-electron chi connectivity index (χ4n) is 6.45. The second-order valence-electron chi connectivity index (χ2n) is 11.3. The van der Waals surface area contributed by atoms with Crippen LogP contribution >= 0.6 is 0 Å². The van der Waals surface area contributed by atoms with Crippen LogP contribution in [0.2, 0.25) is 0 Å². The zero-order chi connectivity index (χ0) is 59.6. The predicted octanol–water partition coefficient (Wildman–Crippen LogP) is 14.4. The second kappa shape index (κ2) is 10.9. The molecule has 11 rings (SSSR count). The van der Waals surface area contributed by atoms with E-state index in [9.17, 15) is 16.4 Å². The summed E-state index contributed by atoms with van der Waals surface area (Å²) in [6.07, 6.45) is 0. The molecule has 0 bridgehead atoms. The first-order valence-corrected chi connectivity index (χ1v) is 15.2. The maximum absolute atomic E-state index is 10.1. The third kappa shape index (κ3) is 4.22. The molecule has 1 heterocycles. The summed E-state index contributed by atoms with van der Waals surface area (Å²) in [5.74, 6) is 0. The molecule has 0 aliphatic carbocycles. The summed E-state index contributed by atoms with van der Waals surface area (Å²) in [4.78, 5) is 0. The molecule has 11 aromatic rings. The molecule has 0 amide bonds. The van der Waals surface area contributed by atoms with Crippen LogP contribution in [-0.4, -0.2) is 0 Å². The number of hydrogen-bond acceptors (Lipinski definition) is 1. The highest BCUT2D eigenvalue weighted by Gasteiger charge is 2.21. The van der Waals surface area contributed by atoms with E-state index in [2.05, 4.69) is 0 Å². The van der Waals surface area contributed by atoms with Crippen LogP contribution in [0, 0.1) is 0 Å². The Morgan fingerprint density at radius 1 is 0.314 bits per heavy atom. The number of fused-ring (bicyclic) bond motifs is 9. The number of furan rings is 1. The quantitative estimate of drug-likeness (QED) is 0.170. The van der Waals surface area contributed by atoms with Gasteiger partial charge in [-0.2, -0.15) is 0 Å². The van der Waals surface area contributed by atoms with Crippen molar-refractivity contribution in [2.24, 2.45) is 0 Å². The van der Waals surface area contributed by atoms with Crippen molar-refractivity contribution in [3.63, 3.8) is 0 Å². The van der Waals surface area contributed by atoms with E-state index in [-0.39, 0.29) is 0 Å². The minimum atomic E-state index is -1.15. The van der Waals surface area contributed by atoms with Gasteiger partial charge in [0.25, 0.3) is 0 Å². The molecule has 0 saturated carbocycles. The Labute approximate surface area is 336 Å². The fraction of sp³-hybridized carbons (Fsp3) is 0. The summed E-state index contributed by atoms with van der Waals surface area (Å²) in [7, 11) is 0. The molecule has 0 spiro atoms. The first-order valence-electron chi connectivity index (χ1n) is 30.2. The van der Waals surface area contributed by atoms with Gasteiger partial charge < -0.3 is 4.42 Å². The van der Waals surface area contributed by atoms with Crippen LogP contribution in [0.25, 0.3) is 109 Å². The van der Waals surface area contributed by atoms with Crippen molar-refractivity contribution in [2.75, 3.05) is 0 Å².